The molecule has 0 saturated heterocycles. The monoisotopic (exact) mass is 675 g/mol. The minimum atomic E-state index is -0.244. The summed E-state index contributed by atoms with van der Waals surface area (Å²) in [6, 6.07) is 75.5. The second-order valence-electron chi connectivity index (χ2n) is 14.2. The van der Waals surface area contributed by atoms with Gasteiger partial charge in [0, 0.05) is 22.5 Å². The molecule has 1 aliphatic carbocycles. The maximum atomic E-state index is 2.42. The van der Waals surface area contributed by atoms with Crippen LogP contribution in [0.1, 0.15) is 23.6 Å². The Kier molecular flexibility index (Phi) is 7.33. The molecule has 9 aromatic carbocycles. The Morgan fingerprint density at radius 3 is 1.53 bits per heavy atom. The van der Waals surface area contributed by atoms with Crippen molar-refractivity contribution in [3.63, 3.8) is 0 Å². The van der Waals surface area contributed by atoms with Gasteiger partial charge in [0.1, 0.15) is 0 Å². The van der Waals surface area contributed by atoms with Gasteiger partial charge in [-0.05, 0) is 115 Å². The van der Waals surface area contributed by atoms with Crippen LogP contribution in [-0.4, -0.2) is 0 Å². The highest BCUT2D eigenvalue weighted by Gasteiger charge is 2.40. The van der Waals surface area contributed by atoms with E-state index in [4.69, 9.17) is 0 Å². The molecule has 0 radical (unpaired) electrons. The molecule has 0 saturated carbocycles. The van der Waals surface area contributed by atoms with Crippen molar-refractivity contribution in [1.29, 1.82) is 0 Å². The Labute approximate surface area is 311 Å². The third kappa shape index (κ3) is 4.93. The topological polar surface area (TPSA) is 3.24 Å². The lowest BCUT2D eigenvalue weighted by molar-refractivity contribution is 0.714. The van der Waals surface area contributed by atoms with E-state index in [-0.39, 0.29) is 5.41 Å². The van der Waals surface area contributed by atoms with Crippen molar-refractivity contribution < 1.29 is 0 Å². The van der Waals surface area contributed by atoms with Crippen LogP contribution in [0.25, 0.3) is 54.9 Å². The Morgan fingerprint density at radius 1 is 0.340 bits per heavy atom. The van der Waals surface area contributed by atoms with Crippen molar-refractivity contribution in [1.82, 2.24) is 0 Å². The number of hydrogen-bond acceptors (Lipinski definition) is 1. The first-order valence-electron chi connectivity index (χ1n) is 18.4. The van der Waals surface area contributed by atoms with Crippen LogP contribution in [0.4, 0.5) is 17.1 Å². The van der Waals surface area contributed by atoms with Gasteiger partial charge in [-0.2, -0.15) is 0 Å². The molecule has 53 heavy (non-hydrogen) atoms. The van der Waals surface area contributed by atoms with Gasteiger partial charge in [0.25, 0.3) is 0 Å². The molecule has 0 bridgehead atoms. The second-order valence-corrected chi connectivity index (χ2v) is 14.2. The Morgan fingerprint density at radius 2 is 0.830 bits per heavy atom. The number of hydrogen-bond donors (Lipinski definition) is 0. The molecule has 1 aliphatic rings. The summed E-state index contributed by atoms with van der Waals surface area (Å²) in [5, 5.41) is 5.00. The SMILES string of the molecule is CC1(c2ccccc2)c2ccccc2-c2cc(N(c3ccccc3)c3ccc4c(c3)c(-c3ccccc3)c(-c3ccccc3)c3ccccc34)ccc21. The standard InChI is InChI=1S/C52H37N/c1-52(38-22-10-4-11-23-38)48-29-17-16-27-44(48)46-34-41(31-33-49(46)52)53(39-24-12-5-13-25-39)40-30-32-43-42-26-14-15-28-45(42)50(36-18-6-2-7-19-36)51(47(43)35-40)37-20-8-3-9-21-37/h2-35H,1H3. The quantitative estimate of drug-likeness (QED) is 0.159. The fourth-order valence-corrected chi connectivity index (χ4v) is 8.86. The molecule has 1 unspecified atom stereocenters. The third-order valence-corrected chi connectivity index (χ3v) is 11.3. The van der Waals surface area contributed by atoms with Crippen LogP contribution in [0.3, 0.4) is 0 Å². The molecule has 0 spiro atoms. The summed E-state index contributed by atoms with van der Waals surface area (Å²) in [6.07, 6.45) is 0. The van der Waals surface area contributed by atoms with Crippen LogP contribution >= 0.6 is 0 Å². The van der Waals surface area contributed by atoms with Crippen molar-refractivity contribution in [2.24, 2.45) is 0 Å². The molecule has 250 valence electrons. The van der Waals surface area contributed by atoms with Crippen LogP contribution in [-0.2, 0) is 5.41 Å². The fourth-order valence-electron chi connectivity index (χ4n) is 8.86. The van der Waals surface area contributed by atoms with Crippen molar-refractivity contribution in [3.8, 4) is 33.4 Å². The van der Waals surface area contributed by atoms with Gasteiger partial charge in [-0.15, -0.1) is 0 Å². The number of para-hydroxylation sites is 1. The maximum absolute atomic E-state index is 2.42. The molecule has 1 heteroatoms. The van der Waals surface area contributed by atoms with E-state index in [1.54, 1.807) is 0 Å². The molecule has 1 nitrogen and oxygen atoms in total. The van der Waals surface area contributed by atoms with E-state index in [0.717, 1.165) is 17.1 Å². The molecular formula is C52H37N. The molecule has 0 aromatic heterocycles. The summed E-state index contributed by atoms with van der Waals surface area (Å²) < 4.78 is 0. The van der Waals surface area contributed by atoms with Gasteiger partial charge in [0.05, 0.1) is 0 Å². The highest BCUT2D eigenvalue weighted by Crippen LogP contribution is 2.54. The van der Waals surface area contributed by atoms with Crippen LogP contribution in [0.2, 0.25) is 0 Å². The van der Waals surface area contributed by atoms with E-state index >= 15 is 0 Å². The lowest BCUT2D eigenvalue weighted by Gasteiger charge is -2.30. The number of nitrogens with zero attached hydrogens (tertiary/aromatic N) is 1. The van der Waals surface area contributed by atoms with E-state index < -0.39 is 0 Å². The molecule has 1 atom stereocenters. The van der Waals surface area contributed by atoms with Gasteiger partial charge >= 0.3 is 0 Å². The predicted molar refractivity (Wildman–Crippen MR) is 224 cm³/mol. The van der Waals surface area contributed by atoms with E-state index in [0.29, 0.717) is 0 Å². The minimum absolute atomic E-state index is 0.244. The lowest BCUT2D eigenvalue weighted by Crippen LogP contribution is -2.22. The highest BCUT2D eigenvalue weighted by molar-refractivity contribution is 6.22. The van der Waals surface area contributed by atoms with Crippen LogP contribution in [0, 0.1) is 0 Å². The fraction of sp³-hybridized carbons (Fsp3) is 0.0385. The lowest BCUT2D eigenvalue weighted by atomic mass is 9.74. The minimum Gasteiger partial charge on any atom is -0.310 e. The number of anilines is 3. The van der Waals surface area contributed by atoms with Gasteiger partial charge in [-0.25, -0.2) is 0 Å². The molecular weight excluding hydrogens is 639 g/mol. The number of fused-ring (bicyclic) bond motifs is 6. The largest absolute Gasteiger partial charge is 0.310 e. The van der Waals surface area contributed by atoms with Crippen LogP contribution in [0.15, 0.2) is 206 Å². The smallest absolute Gasteiger partial charge is 0.0468 e. The van der Waals surface area contributed by atoms with Gasteiger partial charge in [-0.1, -0.05) is 170 Å². The molecule has 9 aromatic rings. The van der Waals surface area contributed by atoms with E-state index in [1.807, 2.05) is 0 Å². The third-order valence-electron chi connectivity index (χ3n) is 11.3. The summed E-state index contributed by atoms with van der Waals surface area (Å²) in [5.41, 5.74) is 14.6. The maximum Gasteiger partial charge on any atom is 0.0468 e. The Bertz CT molecular complexity index is 2770. The molecule has 0 aliphatic heterocycles. The summed E-state index contributed by atoms with van der Waals surface area (Å²) in [5.74, 6) is 0. The average Bonchev–Trinajstić information content (AvgIpc) is 3.49. The van der Waals surface area contributed by atoms with Crippen molar-refractivity contribution in [3.05, 3.63) is 223 Å². The average molecular weight is 676 g/mol. The first kappa shape index (κ1) is 31.1. The highest BCUT2D eigenvalue weighted by atomic mass is 15.1. The Balaban J connectivity index is 1.24. The first-order valence-corrected chi connectivity index (χ1v) is 18.4. The Hall–Kier alpha value is -6.70. The van der Waals surface area contributed by atoms with Crippen molar-refractivity contribution in [2.75, 3.05) is 4.90 Å². The van der Waals surface area contributed by atoms with Gasteiger partial charge < -0.3 is 4.90 Å². The van der Waals surface area contributed by atoms with Gasteiger partial charge in [0.2, 0.25) is 0 Å². The summed E-state index contributed by atoms with van der Waals surface area (Å²) in [4.78, 5) is 2.42. The number of rotatable bonds is 6. The predicted octanol–water partition coefficient (Wildman–Crippen LogP) is 14.1. The zero-order chi connectivity index (χ0) is 35.4. The summed E-state index contributed by atoms with van der Waals surface area (Å²) in [6.45, 7) is 2.38. The first-order chi connectivity index (χ1) is 26.2. The summed E-state index contributed by atoms with van der Waals surface area (Å²) in [7, 11) is 0. The molecule has 0 heterocycles. The van der Waals surface area contributed by atoms with Gasteiger partial charge in [-0.3, -0.25) is 0 Å². The van der Waals surface area contributed by atoms with Crippen molar-refractivity contribution in [2.45, 2.75) is 12.3 Å². The molecule has 0 amide bonds. The van der Waals surface area contributed by atoms with Crippen LogP contribution < -0.4 is 4.90 Å². The van der Waals surface area contributed by atoms with Gasteiger partial charge in [0.15, 0.2) is 0 Å². The zero-order valence-corrected chi connectivity index (χ0v) is 29.6. The zero-order valence-electron chi connectivity index (χ0n) is 29.6. The molecule has 0 fully saturated rings. The summed E-state index contributed by atoms with van der Waals surface area (Å²) >= 11 is 0. The van der Waals surface area contributed by atoms with Crippen molar-refractivity contribution >= 4 is 38.6 Å². The normalized spacial score (nSPS) is 14.6. The molecule has 10 rings (SSSR count). The number of benzene rings is 9. The second kappa shape index (κ2) is 12.5. The van der Waals surface area contributed by atoms with Crippen LogP contribution in [0.5, 0.6) is 0 Å². The van der Waals surface area contributed by atoms with E-state index in [2.05, 4.69) is 218 Å². The molecule has 0 N–H and O–H groups in total. The van der Waals surface area contributed by atoms with E-state index in [9.17, 15) is 0 Å². The van der Waals surface area contributed by atoms with E-state index in [1.165, 1.54) is 71.6 Å².